The molecule has 0 saturated carbocycles. The fraction of sp³-hybridized carbons (Fsp3) is 0.300. The minimum atomic E-state index is 0.176. The second-order valence-corrected chi connectivity index (χ2v) is 3.14. The van der Waals surface area contributed by atoms with Crippen LogP contribution in [0.25, 0.3) is 0 Å². The molecule has 1 aliphatic rings. The van der Waals surface area contributed by atoms with Gasteiger partial charge in [0.25, 0.3) is 0 Å². The van der Waals surface area contributed by atoms with Gasteiger partial charge in [0, 0.05) is 5.69 Å². The van der Waals surface area contributed by atoms with Gasteiger partial charge in [-0.2, -0.15) is 0 Å². The van der Waals surface area contributed by atoms with Crippen LogP contribution in [0, 0.1) is 0 Å². The molecule has 0 atom stereocenters. The summed E-state index contributed by atoms with van der Waals surface area (Å²) in [5.41, 5.74) is 2.17. The molecule has 2 rings (SSSR count). The second kappa shape index (κ2) is 3.18. The van der Waals surface area contributed by atoms with Crippen LogP contribution in [0.5, 0.6) is 0 Å². The number of benzene rings is 1. The first kappa shape index (κ1) is 8.26. The highest BCUT2D eigenvalue weighted by Gasteiger charge is 2.25. The molecule has 1 aromatic rings. The van der Waals surface area contributed by atoms with E-state index in [2.05, 4.69) is 5.32 Å². The maximum absolute atomic E-state index is 11.5. The molecule has 1 aliphatic heterocycles. The third kappa shape index (κ3) is 1.31. The summed E-state index contributed by atoms with van der Waals surface area (Å²) in [5.74, 6) is 0.176. The summed E-state index contributed by atoms with van der Waals surface area (Å²) < 4.78 is 0. The van der Waals surface area contributed by atoms with Crippen LogP contribution in [0.3, 0.4) is 0 Å². The Balaban J connectivity index is 2.35. The van der Waals surface area contributed by atoms with Crippen LogP contribution in [0.15, 0.2) is 24.3 Å². The first-order valence-corrected chi connectivity index (χ1v) is 4.36. The maximum Gasteiger partial charge on any atom is 0.232 e. The van der Waals surface area contributed by atoms with Gasteiger partial charge in [-0.15, -0.1) is 0 Å². The number of nitrogens with zero attached hydrogens (tertiary/aromatic N) is 1. The molecule has 0 aromatic heterocycles. The van der Waals surface area contributed by atoms with E-state index in [4.69, 9.17) is 0 Å². The van der Waals surface area contributed by atoms with Gasteiger partial charge in [-0.25, -0.2) is 0 Å². The second-order valence-electron chi connectivity index (χ2n) is 3.14. The molecule has 68 valence electrons. The van der Waals surface area contributed by atoms with Crippen molar-refractivity contribution in [3.63, 3.8) is 0 Å². The van der Waals surface area contributed by atoms with E-state index in [1.54, 1.807) is 4.90 Å². The number of carbonyl (C=O) groups is 1. The largest absolute Gasteiger partial charge is 0.303 e. The minimum absolute atomic E-state index is 0.176. The van der Waals surface area contributed by atoms with Crippen molar-refractivity contribution in [2.24, 2.45) is 0 Å². The van der Waals surface area contributed by atoms with Gasteiger partial charge < -0.3 is 5.32 Å². The Bertz CT molecular complexity index is 335. The predicted octanol–water partition coefficient (Wildman–Crippen LogP) is 0.753. The fourth-order valence-electron chi connectivity index (χ4n) is 1.65. The number of amides is 1. The number of para-hydroxylation sites is 1. The lowest BCUT2D eigenvalue weighted by molar-refractivity contribution is -0.117. The van der Waals surface area contributed by atoms with Gasteiger partial charge >= 0.3 is 0 Å². The third-order valence-corrected chi connectivity index (χ3v) is 2.24. The molecule has 1 amide bonds. The monoisotopic (exact) mass is 176 g/mol. The molecule has 3 heteroatoms. The Hall–Kier alpha value is -1.35. The zero-order chi connectivity index (χ0) is 9.26. The SMILES string of the molecule is CNCN1C(=O)Cc2ccccc21. The molecule has 13 heavy (non-hydrogen) atoms. The average molecular weight is 176 g/mol. The normalized spacial score (nSPS) is 14.8. The molecule has 0 radical (unpaired) electrons. The van der Waals surface area contributed by atoms with E-state index in [9.17, 15) is 4.79 Å². The number of nitrogens with one attached hydrogen (secondary N) is 1. The molecule has 1 N–H and O–H groups in total. The van der Waals surface area contributed by atoms with Crippen LogP contribution in [0.4, 0.5) is 5.69 Å². The van der Waals surface area contributed by atoms with Crippen molar-refractivity contribution < 1.29 is 4.79 Å². The Labute approximate surface area is 77.4 Å². The van der Waals surface area contributed by atoms with Crippen LogP contribution < -0.4 is 10.2 Å². The summed E-state index contributed by atoms with van der Waals surface area (Å²) in [6.07, 6.45) is 0.540. The molecule has 0 saturated heterocycles. The summed E-state index contributed by atoms with van der Waals surface area (Å²) in [6.45, 7) is 0.593. The van der Waals surface area contributed by atoms with Gasteiger partial charge in [0.2, 0.25) is 5.91 Å². The lowest BCUT2D eigenvalue weighted by Crippen LogP contribution is -2.34. The molecular formula is C10H12N2O. The van der Waals surface area contributed by atoms with Gasteiger partial charge in [-0.1, -0.05) is 18.2 Å². The summed E-state index contributed by atoms with van der Waals surface area (Å²) in [7, 11) is 1.84. The molecule has 1 heterocycles. The smallest absolute Gasteiger partial charge is 0.232 e. The van der Waals surface area contributed by atoms with Crippen molar-refractivity contribution in [3.8, 4) is 0 Å². The highest BCUT2D eigenvalue weighted by atomic mass is 16.2. The lowest BCUT2D eigenvalue weighted by atomic mass is 10.2. The number of hydrogen-bond donors (Lipinski definition) is 1. The predicted molar refractivity (Wildman–Crippen MR) is 51.6 cm³/mol. The van der Waals surface area contributed by atoms with Crippen LogP contribution in [0.2, 0.25) is 0 Å². The lowest BCUT2D eigenvalue weighted by Gasteiger charge is -2.16. The fourth-order valence-corrected chi connectivity index (χ4v) is 1.65. The number of rotatable bonds is 2. The zero-order valence-corrected chi connectivity index (χ0v) is 7.58. The first-order valence-electron chi connectivity index (χ1n) is 4.36. The molecular weight excluding hydrogens is 164 g/mol. The van der Waals surface area contributed by atoms with Gasteiger partial charge in [0.1, 0.15) is 0 Å². The minimum Gasteiger partial charge on any atom is -0.303 e. The number of anilines is 1. The van der Waals surface area contributed by atoms with E-state index in [0.29, 0.717) is 13.1 Å². The van der Waals surface area contributed by atoms with Gasteiger partial charge in [-0.3, -0.25) is 9.69 Å². The van der Waals surface area contributed by atoms with E-state index >= 15 is 0 Å². The molecule has 1 aromatic carbocycles. The van der Waals surface area contributed by atoms with Crippen molar-refractivity contribution in [2.45, 2.75) is 6.42 Å². The molecule has 0 aliphatic carbocycles. The zero-order valence-electron chi connectivity index (χ0n) is 7.58. The van der Waals surface area contributed by atoms with Crippen molar-refractivity contribution in [1.82, 2.24) is 5.32 Å². The summed E-state index contributed by atoms with van der Waals surface area (Å²) in [4.78, 5) is 13.3. The standard InChI is InChI=1S/C10H12N2O/c1-11-7-12-9-5-3-2-4-8(9)6-10(12)13/h2-5,11H,6-7H2,1H3. The Kier molecular flexibility index (Phi) is 2.02. The van der Waals surface area contributed by atoms with E-state index in [1.165, 1.54) is 0 Å². The van der Waals surface area contributed by atoms with E-state index in [1.807, 2.05) is 31.3 Å². The van der Waals surface area contributed by atoms with Crippen LogP contribution in [-0.2, 0) is 11.2 Å². The molecule has 0 bridgehead atoms. The van der Waals surface area contributed by atoms with Crippen LogP contribution in [-0.4, -0.2) is 19.6 Å². The van der Waals surface area contributed by atoms with E-state index in [0.717, 1.165) is 11.3 Å². The average Bonchev–Trinajstić information content (AvgIpc) is 2.44. The van der Waals surface area contributed by atoms with Crippen molar-refractivity contribution >= 4 is 11.6 Å². The van der Waals surface area contributed by atoms with Gasteiger partial charge in [0.05, 0.1) is 13.1 Å². The third-order valence-electron chi connectivity index (χ3n) is 2.24. The molecule has 0 fully saturated rings. The topological polar surface area (TPSA) is 32.3 Å². The van der Waals surface area contributed by atoms with E-state index < -0.39 is 0 Å². The number of fused-ring (bicyclic) bond motifs is 1. The summed E-state index contributed by atoms with van der Waals surface area (Å²) in [6, 6.07) is 7.91. The first-order chi connectivity index (χ1) is 6.33. The van der Waals surface area contributed by atoms with E-state index in [-0.39, 0.29) is 5.91 Å². The molecule has 3 nitrogen and oxygen atoms in total. The van der Waals surface area contributed by atoms with Gasteiger partial charge in [0.15, 0.2) is 0 Å². The summed E-state index contributed by atoms with van der Waals surface area (Å²) in [5, 5.41) is 2.99. The maximum atomic E-state index is 11.5. The Morgan fingerprint density at radius 2 is 2.23 bits per heavy atom. The van der Waals surface area contributed by atoms with Crippen molar-refractivity contribution in [3.05, 3.63) is 29.8 Å². The Morgan fingerprint density at radius 1 is 1.46 bits per heavy atom. The quantitative estimate of drug-likeness (QED) is 0.721. The highest BCUT2D eigenvalue weighted by Crippen LogP contribution is 2.27. The van der Waals surface area contributed by atoms with Crippen LogP contribution in [0.1, 0.15) is 5.56 Å². The van der Waals surface area contributed by atoms with Gasteiger partial charge in [-0.05, 0) is 18.7 Å². The molecule has 0 unspecified atom stereocenters. The number of hydrogen-bond acceptors (Lipinski definition) is 2. The molecule has 0 spiro atoms. The highest BCUT2D eigenvalue weighted by molar-refractivity contribution is 6.01. The Morgan fingerprint density at radius 3 is 3.00 bits per heavy atom. The van der Waals surface area contributed by atoms with Crippen LogP contribution >= 0.6 is 0 Å². The number of carbonyl (C=O) groups excluding carboxylic acids is 1. The van der Waals surface area contributed by atoms with Crippen molar-refractivity contribution in [2.75, 3.05) is 18.6 Å². The van der Waals surface area contributed by atoms with Crippen molar-refractivity contribution in [1.29, 1.82) is 0 Å². The summed E-state index contributed by atoms with van der Waals surface area (Å²) >= 11 is 0.